The van der Waals surface area contributed by atoms with Gasteiger partial charge in [-0.25, -0.2) is 4.98 Å². The van der Waals surface area contributed by atoms with Crippen molar-refractivity contribution in [1.29, 1.82) is 0 Å². The fraction of sp³-hybridized carbons (Fsp3) is 0.500. The lowest BCUT2D eigenvalue weighted by atomic mass is 10.4. The molecule has 3 nitrogen and oxygen atoms in total. The first-order chi connectivity index (χ1) is 4.97. The predicted octanol–water partition coefficient (Wildman–Crippen LogP) is 1.23. The Bertz CT molecular complexity index is 243. The van der Waals surface area contributed by atoms with Crippen LogP contribution in [0.25, 0.3) is 0 Å². The number of halogens is 3. The van der Waals surface area contributed by atoms with Gasteiger partial charge in [0.25, 0.3) is 0 Å². The smallest absolute Gasteiger partial charge is 0.374 e. The second kappa shape index (κ2) is 2.65. The summed E-state index contributed by atoms with van der Waals surface area (Å²) in [7, 11) is 0. The van der Waals surface area contributed by atoms with E-state index in [1.54, 1.807) is 0 Å². The third kappa shape index (κ3) is 2.71. The first-order valence-electron chi connectivity index (χ1n) is 2.62. The van der Waals surface area contributed by atoms with Crippen molar-refractivity contribution in [2.45, 2.75) is 12.6 Å². The summed E-state index contributed by atoms with van der Waals surface area (Å²) in [5.74, 6) is -0.264. The van der Waals surface area contributed by atoms with E-state index in [1.165, 1.54) is 0 Å². The standard InChI is InChI=1S/C4H4F3N3S/c5-4(6,7)1-2-9-3(8)11-10-2/h1H2,(H2,8,9,10). The molecule has 0 aliphatic rings. The lowest BCUT2D eigenvalue weighted by Gasteiger charge is -2.00. The summed E-state index contributed by atoms with van der Waals surface area (Å²) in [6.45, 7) is 0. The van der Waals surface area contributed by atoms with Gasteiger partial charge in [-0.2, -0.15) is 17.5 Å². The average Bonchev–Trinajstić information content (AvgIpc) is 2.10. The fourth-order valence-electron chi connectivity index (χ4n) is 0.519. The summed E-state index contributed by atoms with van der Waals surface area (Å²) in [5.41, 5.74) is 5.08. The number of hydrogen-bond donors (Lipinski definition) is 1. The van der Waals surface area contributed by atoms with Crippen LogP contribution in [0.5, 0.6) is 0 Å². The van der Waals surface area contributed by atoms with Crippen molar-refractivity contribution >= 4 is 16.7 Å². The zero-order valence-electron chi connectivity index (χ0n) is 5.22. The number of nitrogens with two attached hydrogens (primary N) is 1. The van der Waals surface area contributed by atoms with Gasteiger partial charge in [-0.15, -0.1) is 0 Å². The summed E-state index contributed by atoms with van der Waals surface area (Å²) in [4.78, 5) is 3.36. The molecule has 0 amide bonds. The highest BCUT2D eigenvalue weighted by atomic mass is 32.1. The lowest BCUT2D eigenvalue weighted by Crippen LogP contribution is -2.12. The minimum absolute atomic E-state index is 0.0595. The van der Waals surface area contributed by atoms with Crippen LogP contribution in [-0.2, 0) is 6.42 Å². The molecule has 0 saturated carbocycles. The van der Waals surface area contributed by atoms with Gasteiger partial charge in [0.15, 0.2) is 11.0 Å². The Labute approximate surface area is 64.2 Å². The number of nitrogen functional groups attached to an aromatic ring is 1. The summed E-state index contributed by atoms with van der Waals surface area (Å²) in [6.07, 6.45) is -5.37. The highest BCUT2D eigenvalue weighted by Gasteiger charge is 2.29. The predicted molar refractivity (Wildman–Crippen MR) is 34.1 cm³/mol. The highest BCUT2D eigenvalue weighted by Crippen LogP contribution is 2.20. The van der Waals surface area contributed by atoms with Crippen LogP contribution in [-0.4, -0.2) is 15.5 Å². The van der Waals surface area contributed by atoms with Crippen molar-refractivity contribution in [3.63, 3.8) is 0 Å². The van der Waals surface area contributed by atoms with Gasteiger partial charge >= 0.3 is 6.18 Å². The maximum absolute atomic E-state index is 11.6. The summed E-state index contributed by atoms with van der Waals surface area (Å²) < 4.78 is 38.3. The largest absolute Gasteiger partial charge is 0.396 e. The van der Waals surface area contributed by atoms with Gasteiger partial charge < -0.3 is 5.73 Å². The van der Waals surface area contributed by atoms with Crippen molar-refractivity contribution in [2.24, 2.45) is 0 Å². The highest BCUT2D eigenvalue weighted by molar-refractivity contribution is 7.09. The molecule has 0 aliphatic carbocycles. The molecule has 0 unspecified atom stereocenters. The van der Waals surface area contributed by atoms with E-state index in [1.807, 2.05) is 0 Å². The average molecular weight is 183 g/mol. The van der Waals surface area contributed by atoms with E-state index in [9.17, 15) is 13.2 Å². The monoisotopic (exact) mass is 183 g/mol. The Kier molecular flexibility index (Phi) is 1.99. The Morgan fingerprint density at radius 1 is 1.45 bits per heavy atom. The number of hydrogen-bond acceptors (Lipinski definition) is 4. The third-order valence-corrected chi connectivity index (χ3v) is 1.42. The molecule has 0 atom stereocenters. The number of nitrogens with zero attached hydrogens (tertiary/aromatic N) is 2. The van der Waals surface area contributed by atoms with Gasteiger partial charge in [0, 0.05) is 11.5 Å². The van der Waals surface area contributed by atoms with Gasteiger partial charge in [-0.05, 0) is 0 Å². The van der Waals surface area contributed by atoms with Crippen LogP contribution in [0, 0.1) is 0 Å². The van der Waals surface area contributed by atoms with Gasteiger partial charge in [0.05, 0.1) is 0 Å². The SMILES string of the molecule is Nc1nc(CC(F)(F)F)ns1. The number of rotatable bonds is 1. The molecule has 1 rings (SSSR count). The molecule has 0 radical (unpaired) electrons. The van der Waals surface area contributed by atoms with Crippen molar-refractivity contribution in [3.8, 4) is 0 Å². The summed E-state index contributed by atoms with van der Waals surface area (Å²) in [5, 5.41) is 0.0595. The van der Waals surface area contributed by atoms with Crippen LogP contribution in [0.3, 0.4) is 0 Å². The Morgan fingerprint density at radius 2 is 2.09 bits per heavy atom. The normalized spacial score (nSPS) is 11.9. The molecule has 1 heterocycles. The second-order valence-corrected chi connectivity index (χ2v) is 2.62. The van der Waals surface area contributed by atoms with E-state index in [2.05, 4.69) is 9.36 Å². The number of aromatic nitrogens is 2. The van der Waals surface area contributed by atoms with Crippen LogP contribution < -0.4 is 5.73 Å². The van der Waals surface area contributed by atoms with Gasteiger partial charge in [-0.1, -0.05) is 0 Å². The Balaban J connectivity index is 2.65. The fourth-order valence-corrected chi connectivity index (χ4v) is 0.969. The van der Waals surface area contributed by atoms with Crippen molar-refractivity contribution in [1.82, 2.24) is 9.36 Å². The van der Waals surface area contributed by atoms with E-state index in [-0.39, 0.29) is 11.0 Å². The first kappa shape index (κ1) is 8.25. The van der Waals surface area contributed by atoms with Crippen molar-refractivity contribution < 1.29 is 13.2 Å². The minimum Gasteiger partial charge on any atom is -0.374 e. The minimum atomic E-state index is -4.26. The molecule has 1 aromatic heterocycles. The molecular formula is C4H4F3N3S. The maximum atomic E-state index is 11.6. The first-order valence-corrected chi connectivity index (χ1v) is 3.39. The summed E-state index contributed by atoms with van der Waals surface area (Å²) in [6, 6.07) is 0. The van der Waals surface area contributed by atoms with Crippen molar-refractivity contribution in [2.75, 3.05) is 5.73 Å². The Hall–Kier alpha value is -0.850. The molecule has 1 aromatic rings. The van der Waals surface area contributed by atoms with E-state index in [0.29, 0.717) is 0 Å². The maximum Gasteiger partial charge on any atom is 0.396 e. The molecular weight excluding hydrogens is 179 g/mol. The second-order valence-electron chi connectivity index (χ2n) is 1.84. The topological polar surface area (TPSA) is 51.8 Å². The van der Waals surface area contributed by atoms with Crippen LogP contribution in [0.1, 0.15) is 5.82 Å². The number of alkyl halides is 3. The van der Waals surface area contributed by atoms with E-state index >= 15 is 0 Å². The molecule has 62 valence electrons. The number of anilines is 1. The van der Waals surface area contributed by atoms with Crippen LogP contribution in [0.2, 0.25) is 0 Å². The van der Waals surface area contributed by atoms with Crippen molar-refractivity contribution in [3.05, 3.63) is 5.82 Å². The molecule has 0 spiro atoms. The van der Waals surface area contributed by atoms with E-state index < -0.39 is 12.6 Å². The molecule has 0 aliphatic heterocycles. The molecule has 11 heavy (non-hydrogen) atoms. The van der Waals surface area contributed by atoms with Crippen LogP contribution in [0.15, 0.2) is 0 Å². The molecule has 7 heteroatoms. The molecule has 0 saturated heterocycles. The van der Waals surface area contributed by atoms with E-state index in [4.69, 9.17) is 5.73 Å². The van der Waals surface area contributed by atoms with E-state index in [0.717, 1.165) is 11.5 Å². The molecule has 2 N–H and O–H groups in total. The van der Waals surface area contributed by atoms with Gasteiger partial charge in [-0.3, -0.25) is 0 Å². The van der Waals surface area contributed by atoms with Gasteiger partial charge in [0.2, 0.25) is 0 Å². The van der Waals surface area contributed by atoms with Crippen LogP contribution >= 0.6 is 11.5 Å². The zero-order chi connectivity index (χ0) is 8.48. The zero-order valence-corrected chi connectivity index (χ0v) is 6.04. The molecule has 0 aromatic carbocycles. The van der Waals surface area contributed by atoms with Crippen LogP contribution in [0.4, 0.5) is 18.3 Å². The molecule has 0 fully saturated rings. The quantitative estimate of drug-likeness (QED) is 0.712. The molecule has 0 bridgehead atoms. The van der Waals surface area contributed by atoms with Gasteiger partial charge in [0.1, 0.15) is 6.42 Å². The lowest BCUT2D eigenvalue weighted by molar-refractivity contribution is -0.128. The Morgan fingerprint density at radius 3 is 2.45 bits per heavy atom. The third-order valence-electron chi connectivity index (χ3n) is 0.842. The summed E-state index contributed by atoms with van der Waals surface area (Å²) >= 11 is 0.762.